The van der Waals surface area contributed by atoms with Gasteiger partial charge in [-0.05, 0) is 25.1 Å². The lowest BCUT2D eigenvalue weighted by molar-refractivity contribution is -0.121. The number of nitriles is 1. The Hall–Kier alpha value is -3.87. The molecule has 0 aliphatic carbocycles. The van der Waals surface area contributed by atoms with Gasteiger partial charge in [-0.25, -0.2) is 9.67 Å². The van der Waals surface area contributed by atoms with E-state index in [0.29, 0.717) is 12.1 Å². The van der Waals surface area contributed by atoms with Crippen LogP contribution in [0.5, 0.6) is 0 Å². The van der Waals surface area contributed by atoms with E-state index >= 15 is 0 Å². The van der Waals surface area contributed by atoms with Gasteiger partial charge >= 0.3 is 0 Å². The normalized spacial score (nSPS) is 10.3. The number of amides is 1. The third kappa shape index (κ3) is 3.62. The van der Waals surface area contributed by atoms with Gasteiger partial charge in [0.1, 0.15) is 24.0 Å². The highest BCUT2D eigenvalue weighted by atomic mass is 16.4. The summed E-state index contributed by atoms with van der Waals surface area (Å²) in [5.41, 5.74) is 0.649. The molecular formula is C16H13N7O3. The van der Waals surface area contributed by atoms with Crippen molar-refractivity contribution < 1.29 is 9.21 Å². The lowest BCUT2D eigenvalue weighted by Crippen LogP contribution is -2.33. The second-order valence-corrected chi connectivity index (χ2v) is 5.12. The minimum Gasteiger partial charge on any atom is -0.414 e. The minimum atomic E-state index is -0.420. The average molecular weight is 351 g/mol. The maximum atomic E-state index is 11.8. The number of rotatable bonds is 5. The molecule has 3 aromatic heterocycles. The molecule has 3 rings (SSSR count). The molecule has 1 N–H and O–H groups in total. The summed E-state index contributed by atoms with van der Waals surface area (Å²) in [5.74, 6) is -0.0385. The zero-order valence-corrected chi connectivity index (χ0v) is 13.7. The van der Waals surface area contributed by atoms with Gasteiger partial charge in [0.2, 0.25) is 11.8 Å². The molecule has 0 aliphatic rings. The van der Waals surface area contributed by atoms with Crippen molar-refractivity contribution in [3.8, 4) is 29.1 Å². The van der Waals surface area contributed by atoms with Crippen LogP contribution in [-0.4, -0.2) is 37.4 Å². The van der Waals surface area contributed by atoms with Gasteiger partial charge in [0.05, 0.1) is 5.56 Å². The molecule has 0 radical (unpaired) electrons. The third-order valence-electron chi connectivity index (χ3n) is 3.30. The van der Waals surface area contributed by atoms with Crippen LogP contribution in [0.2, 0.25) is 0 Å². The number of aromatic nitrogens is 5. The SMILES string of the molecule is CCNC(=O)Cn1nc(-c2nnc(-c3ccc(C#N)nc3)o2)ccc1=O. The first kappa shape index (κ1) is 17.0. The van der Waals surface area contributed by atoms with Crippen LogP contribution in [0.15, 0.2) is 39.7 Å². The molecule has 130 valence electrons. The quantitative estimate of drug-likeness (QED) is 0.695. The molecule has 10 heteroatoms. The van der Waals surface area contributed by atoms with Gasteiger partial charge in [-0.2, -0.15) is 10.4 Å². The number of carbonyl (C=O) groups excluding carboxylic acids is 1. The fourth-order valence-corrected chi connectivity index (χ4v) is 2.10. The molecule has 0 saturated carbocycles. The monoisotopic (exact) mass is 351 g/mol. The van der Waals surface area contributed by atoms with E-state index in [1.54, 1.807) is 13.0 Å². The van der Waals surface area contributed by atoms with Crippen molar-refractivity contribution in [3.05, 3.63) is 46.5 Å². The van der Waals surface area contributed by atoms with Crippen LogP contribution in [0.1, 0.15) is 12.6 Å². The van der Waals surface area contributed by atoms with Crippen molar-refractivity contribution in [3.63, 3.8) is 0 Å². The van der Waals surface area contributed by atoms with Gasteiger partial charge < -0.3 is 9.73 Å². The van der Waals surface area contributed by atoms with Crippen LogP contribution in [0.3, 0.4) is 0 Å². The van der Waals surface area contributed by atoms with E-state index in [-0.39, 0.29) is 35.6 Å². The number of carbonyl (C=O) groups is 1. The number of likely N-dealkylation sites (N-methyl/N-ethyl adjacent to an activating group) is 1. The number of hydrogen-bond donors (Lipinski definition) is 1. The van der Waals surface area contributed by atoms with Crippen molar-refractivity contribution >= 4 is 5.91 Å². The molecule has 0 aliphatic heterocycles. The van der Waals surface area contributed by atoms with Crippen molar-refractivity contribution in [2.45, 2.75) is 13.5 Å². The van der Waals surface area contributed by atoms with E-state index in [1.807, 2.05) is 6.07 Å². The topological polar surface area (TPSA) is 140 Å². The first-order valence-corrected chi connectivity index (χ1v) is 7.66. The van der Waals surface area contributed by atoms with Gasteiger partial charge in [0.15, 0.2) is 0 Å². The average Bonchev–Trinajstić information content (AvgIpc) is 3.14. The Morgan fingerprint density at radius 3 is 2.77 bits per heavy atom. The van der Waals surface area contributed by atoms with Gasteiger partial charge in [0, 0.05) is 18.8 Å². The highest BCUT2D eigenvalue weighted by Crippen LogP contribution is 2.21. The molecular weight excluding hydrogens is 338 g/mol. The van der Waals surface area contributed by atoms with Crippen LogP contribution < -0.4 is 10.9 Å². The van der Waals surface area contributed by atoms with Gasteiger partial charge in [-0.15, -0.1) is 10.2 Å². The number of hydrogen-bond acceptors (Lipinski definition) is 8. The van der Waals surface area contributed by atoms with Crippen molar-refractivity contribution in [1.29, 1.82) is 5.26 Å². The molecule has 0 bridgehead atoms. The summed E-state index contributed by atoms with van der Waals surface area (Å²) in [6.45, 7) is 2.03. The van der Waals surface area contributed by atoms with Crippen molar-refractivity contribution in [2.75, 3.05) is 6.54 Å². The molecule has 10 nitrogen and oxygen atoms in total. The predicted molar refractivity (Wildman–Crippen MR) is 88.4 cm³/mol. The molecule has 0 saturated heterocycles. The van der Waals surface area contributed by atoms with Crippen LogP contribution >= 0.6 is 0 Å². The molecule has 0 fully saturated rings. The first-order valence-electron chi connectivity index (χ1n) is 7.66. The maximum absolute atomic E-state index is 11.8. The summed E-state index contributed by atoms with van der Waals surface area (Å²) in [6, 6.07) is 7.79. The Kier molecular flexibility index (Phi) is 4.80. The largest absolute Gasteiger partial charge is 0.414 e. The summed E-state index contributed by atoms with van der Waals surface area (Å²) in [4.78, 5) is 27.4. The van der Waals surface area contributed by atoms with Crippen molar-refractivity contribution in [2.24, 2.45) is 0 Å². The maximum Gasteiger partial charge on any atom is 0.268 e. The molecule has 0 spiro atoms. The fraction of sp³-hybridized carbons (Fsp3) is 0.188. The zero-order chi connectivity index (χ0) is 18.5. The molecule has 0 unspecified atom stereocenters. The van der Waals surface area contributed by atoms with Gasteiger partial charge in [-0.3, -0.25) is 9.59 Å². The molecule has 3 heterocycles. The Balaban J connectivity index is 1.88. The minimum absolute atomic E-state index is 0.0917. The van der Waals surface area contributed by atoms with Crippen LogP contribution in [0.4, 0.5) is 0 Å². The lowest BCUT2D eigenvalue weighted by atomic mass is 10.2. The van der Waals surface area contributed by atoms with Gasteiger partial charge in [0.25, 0.3) is 11.4 Å². The van der Waals surface area contributed by atoms with E-state index in [0.717, 1.165) is 4.68 Å². The fourth-order valence-electron chi connectivity index (χ4n) is 2.10. The van der Waals surface area contributed by atoms with E-state index in [2.05, 4.69) is 25.6 Å². The molecule has 0 aromatic carbocycles. The summed E-state index contributed by atoms with van der Waals surface area (Å²) in [5, 5.41) is 23.3. The number of nitrogens with zero attached hydrogens (tertiary/aromatic N) is 6. The molecule has 0 atom stereocenters. The predicted octanol–water partition coefficient (Wildman–Crippen LogP) is 0.363. The van der Waals surface area contributed by atoms with E-state index < -0.39 is 5.56 Å². The summed E-state index contributed by atoms with van der Waals surface area (Å²) in [6.07, 6.45) is 1.44. The Morgan fingerprint density at radius 2 is 2.08 bits per heavy atom. The number of nitrogens with one attached hydrogen (secondary N) is 1. The Bertz CT molecular complexity index is 1030. The molecule has 3 aromatic rings. The Labute approximate surface area is 147 Å². The Morgan fingerprint density at radius 1 is 1.27 bits per heavy atom. The van der Waals surface area contributed by atoms with Crippen LogP contribution in [-0.2, 0) is 11.3 Å². The summed E-state index contributed by atoms with van der Waals surface area (Å²) >= 11 is 0. The van der Waals surface area contributed by atoms with E-state index in [9.17, 15) is 9.59 Å². The first-order chi connectivity index (χ1) is 12.6. The van der Waals surface area contributed by atoms with Crippen LogP contribution in [0, 0.1) is 11.3 Å². The van der Waals surface area contributed by atoms with Crippen LogP contribution in [0.25, 0.3) is 23.0 Å². The summed E-state index contributed by atoms with van der Waals surface area (Å²) < 4.78 is 6.57. The van der Waals surface area contributed by atoms with E-state index in [1.165, 1.54) is 24.4 Å². The second kappa shape index (κ2) is 7.35. The standard InChI is InChI=1S/C16H13N7O3/c1-2-18-13(24)9-23-14(25)6-5-12(22-23)16-21-20-15(26-16)10-3-4-11(7-17)19-8-10/h3-6,8H,2,9H2,1H3,(H,18,24). The van der Waals surface area contributed by atoms with Crippen molar-refractivity contribution in [1.82, 2.24) is 30.3 Å². The second-order valence-electron chi connectivity index (χ2n) is 5.12. The highest BCUT2D eigenvalue weighted by molar-refractivity contribution is 5.75. The van der Waals surface area contributed by atoms with Gasteiger partial charge in [-0.1, -0.05) is 0 Å². The zero-order valence-electron chi connectivity index (χ0n) is 13.7. The number of pyridine rings is 1. The molecule has 1 amide bonds. The van der Waals surface area contributed by atoms with E-state index in [4.69, 9.17) is 9.68 Å². The summed E-state index contributed by atoms with van der Waals surface area (Å²) in [7, 11) is 0. The lowest BCUT2D eigenvalue weighted by Gasteiger charge is -2.05. The molecule has 26 heavy (non-hydrogen) atoms. The highest BCUT2D eigenvalue weighted by Gasteiger charge is 2.14. The smallest absolute Gasteiger partial charge is 0.268 e. The third-order valence-corrected chi connectivity index (χ3v) is 3.30.